The molecule has 144 valence electrons. The molecule has 0 radical (unpaired) electrons. The van der Waals surface area contributed by atoms with E-state index in [2.05, 4.69) is 46.0 Å². The quantitative estimate of drug-likeness (QED) is 0.711. The molecule has 2 heterocycles. The van der Waals surface area contributed by atoms with E-state index in [9.17, 15) is 8.42 Å². The van der Waals surface area contributed by atoms with E-state index in [0.717, 1.165) is 17.3 Å². The number of halogens is 1. The molecule has 2 aliphatic heterocycles. The lowest BCUT2D eigenvalue weighted by Crippen LogP contribution is -2.48. The first kappa shape index (κ1) is 18.9. The molecule has 0 amide bonds. The molecular weight excluding hydrogens is 428 g/mol. The Morgan fingerprint density at radius 1 is 1.07 bits per heavy atom. The lowest BCUT2D eigenvalue weighted by atomic mass is 10.0. The minimum absolute atomic E-state index is 0.295. The summed E-state index contributed by atoms with van der Waals surface area (Å²) in [4.78, 5) is 2.65. The van der Waals surface area contributed by atoms with Crippen LogP contribution in [-0.4, -0.2) is 38.6 Å². The smallest absolute Gasteiger partial charge is 0.243 e. The summed E-state index contributed by atoms with van der Waals surface area (Å²) in [5, 5.41) is 0. The average molecular weight is 451 g/mol. The fourth-order valence-corrected chi connectivity index (χ4v) is 5.62. The highest BCUT2D eigenvalue weighted by atomic mass is 79.9. The van der Waals surface area contributed by atoms with Crippen LogP contribution in [0.2, 0.25) is 0 Å². The first-order chi connectivity index (χ1) is 12.9. The Bertz CT molecular complexity index is 923. The molecule has 27 heavy (non-hydrogen) atoms. The monoisotopic (exact) mass is 450 g/mol. The summed E-state index contributed by atoms with van der Waals surface area (Å²) in [5.74, 6) is 0. The van der Waals surface area contributed by atoms with Crippen molar-refractivity contribution < 1.29 is 13.2 Å². The first-order valence-corrected chi connectivity index (χ1v) is 11.4. The van der Waals surface area contributed by atoms with Gasteiger partial charge < -0.3 is 9.64 Å². The van der Waals surface area contributed by atoms with E-state index in [-0.39, 0.29) is 0 Å². The van der Waals surface area contributed by atoms with Gasteiger partial charge in [0.15, 0.2) is 0 Å². The molecule has 0 atom stereocenters. The molecule has 2 aromatic carbocycles. The van der Waals surface area contributed by atoms with Gasteiger partial charge in [0.25, 0.3) is 0 Å². The third kappa shape index (κ3) is 3.78. The number of sulfonamides is 1. The zero-order chi connectivity index (χ0) is 19.0. The Morgan fingerprint density at radius 2 is 1.78 bits per heavy atom. The van der Waals surface area contributed by atoms with Crippen LogP contribution in [-0.2, 0) is 21.4 Å². The van der Waals surface area contributed by atoms with E-state index in [1.807, 2.05) is 0 Å². The average Bonchev–Trinajstić information content (AvgIpc) is 2.68. The Balaban J connectivity index is 1.48. The third-order valence-corrected chi connectivity index (χ3v) is 7.79. The molecule has 2 aliphatic rings. The molecule has 0 spiro atoms. The van der Waals surface area contributed by atoms with E-state index in [4.69, 9.17) is 4.74 Å². The van der Waals surface area contributed by atoms with Crippen LogP contribution in [0.3, 0.4) is 0 Å². The molecule has 0 aromatic heterocycles. The number of aryl methyl sites for hydroxylation is 1. The highest BCUT2D eigenvalue weighted by Crippen LogP contribution is 2.32. The van der Waals surface area contributed by atoms with Crippen molar-refractivity contribution >= 4 is 31.6 Å². The predicted molar refractivity (Wildman–Crippen MR) is 109 cm³/mol. The van der Waals surface area contributed by atoms with Crippen LogP contribution in [0.5, 0.6) is 0 Å². The van der Waals surface area contributed by atoms with E-state index in [1.54, 1.807) is 28.6 Å². The van der Waals surface area contributed by atoms with Crippen LogP contribution in [0.25, 0.3) is 0 Å². The van der Waals surface area contributed by atoms with Crippen LogP contribution < -0.4 is 4.90 Å². The molecule has 0 bridgehead atoms. The van der Waals surface area contributed by atoms with Crippen molar-refractivity contribution in [3.63, 3.8) is 0 Å². The number of rotatable bonds is 3. The maximum absolute atomic E-state index is 12.9. The number of anilines is 1. The molecule has 2 aromatic rings. The van der Waals surface area contributed by atoms with E-state index >= 15 is 0 Å². The number of hydrogen-bond donors (Lipinski definition) is 0. The Labute approximate surface area is 169 Å². The van der Waals surface area contributed by atoms with Crippen LogP contribution >= 0.6 is 15.9 Å². The first-order valence-electron chi connectivity index (χ1n) is 9.15. The minimum atomic E-state index is -3.44. The standard InChI is InChI=1S/C20H23BrN2O3S/c1-15-2-7-20-16(12-15)13-26-14-23(20)18-8-10-22(11-9-18)27(24,25)19-5-3-17(21)4-6-19/h2-7,12,18H,8-11,13-14H2,1H3. The van der Waals surface area contributed by atoms with Gasteiger partial charge in [-0.3, -0.25) is 0 Å². The van der Waals surface area contributed by atoms with Crippen LogP contribution in [0, 0.1) is 6.92 Å². The fourth-order valence-electron chi connectivity index (χ4n) is 3.89. The van der Waals surface area contributed by atoms with Crippen molar-refractivity contribution in [3.05, 3.63) is 58.1 Å². The van der Waals surface area contributed by atoms with Gasteiger partial charge in [-0.25, -0.2) is 8.42 Å². The van der Waals surface area contributed by atoms with E-state index in [0.29, 0.717) is 37.4 Å². The van der Waals surface area contributed by atoms with E-state index < -0.39 is 10.0 Å². The highest BCUT2D eigenvalue weighted by Gasteiger charge is 2.33. The van der Waals surface area contributed by atoms with Crippen LogP contribution in [0.15, 0.2) is 51.8 Å². The zero-order valence-electron chi connectivity index (χ0n) is 15.3. The lowest BCUT2D eigenvalue weighted by molar-refractivity contribution is 0.0987. The summed E-state index contributed by atoms with van der Waals surface area (Å²) >= 11 is 3.35. The Hall–Kier alpha value is -1.41. The number of ether oxygens (including phenoxy) is 1. The number of piperidine rings is 1. The second kappa shape index (κ2) is 7.54. The fraction of sp³-hybridized carbons (Fsp3) is 0.400. The number of fused-ring (bicyclic) bond motifs is 1. The predicted octanol–water partition coefficient (Wildman–Crippen LogP) is 3.90. The van der Waals surface area contributed by atoms with Gasteiger partial charge in [0.1, 0.15) is 6.73 Å². The minimum Gasteiger partial charge on any atom is -0.356 e. The third-order valence-electron chi connectivity index (χ3n) is 5.35. The Kier molecular flexibility index (Phi) is 5.29. The summed E-state index contributed by atoms with van der Waals surface area (Å²) in [6.45, 7) is 4.36. The van der Waals surface area contributed by atoms with Gasteiger partial charge in [-0.05, 0) is 50.1 Å². The summed E-state index contributed by atoms with van der Waals surface area (Å²) in [6, 6.07) is 13.6. The number of nitrogens with zero attached hydrogens (tertiary/aromatic N) is 2. The van der Waals surface area contributed by atoms with Gasteiger partial charge >= 0.3 is 0 Å². The largest absolute Gasteiger partial charge is 0.356 e. The lowest BCUT2D eigenvalue weighted by Gasteiger charge is -2.41. The molecule has 1 saturated heterocycles. The van der Waals surface area contributed by atoms with Crippen LogP contribution in [0.1, 0.15) is 24.0 Å². The molecule has 5 nitrogen and oxygen atoms in total. The number of benzene rings is 2. The van der Waals surface area contributed by atoms with Crippen molar-refractivity contribution in [2.24, 2.45) is 0 Å². The maximum Gasteiger partial charge on any atom is 0.243 e. The van der Waals surface area contributed by atoms with E-state index in [1.165, 1.54) is 16.8 Å². The second-order valence-electron chi connectivity index (χ2n) is 7.17. The summed E-state index contributed by atoms with van der Waals surface area (Å²) in [5.41, 5.74) is 3.67. The molecule has 0 unspecified atom stereocenters. The van der Waals surface area contributed by atoms with Crippen molar-refractivity contribution in [1.82, 2.24) is 4.31 Å². The molecule has 0 saturated carbocycles. The molecule has 0 N–H and O–H groups in total. The topological polar surface area (TPSA) is 49.9 Å². The summed E-state index contributed by atoms with van der Waals surface area (Å²) in [6.07, 6.45) is 1.60. The van der Waals surface area contributed by atoms with Crippen LogP contribution in [0.4, 0.5) is 5.69 Å². The molecule has 0 aliphatic carbocycles. The molecule has 1 fully saturated rings. The van der Waals surface area contributed by atoms with Gasteiger partial charge in [0.05, 0.1) is 11.5 Å². The summed E-state index contributed by atoms with van der Waals surface area (Å²) in [7, 11) is -3.44. The van der Waals surface area contributed by atoms with Gasteiger partial charge in [-0.1, -0.05) is 33.6 Å². The molecule has 4 rings (SSSR count). The van der Waals surface area contributed by atoms with Gasteiger partial charge in [0.2, 0.25) is 10.0 Å². The highest BCUT2D eigenvalue weighted by molar-refractivity contribution is 9.10. The summed E-state index contributed by atoms with van der Waals surface area (Å²) < 4.78 is 34.0. The van der Waals surface area contributed by atoms with Crippen molar-refractivity contribution in [1.29, 1.82) is 0 Å². The van der Waals surface area contributed by atoms with Crippen molar-refractivity contribution in [3.8, 4) is 0 Å². The Morgan fingerprint density at radius 3 is 2.48 bits per heavy atom. The molecular formula is C20H23BrN2O3S. The van der Waals surface area contributed by atoms with Gasteiger partial charge in [0, 0.05) is 34.9 Å². The van der Waals surface area contributed by atoms with Gasteiger partial charge in [-0.15, -0.1) is 0 Å². The molecule has 7 heteroatoms. The van der Waals surface area contributed by atoms with Crippen molar-refractivity contribution in [2.75, 3.05) is 24.7 Å². The normalized spacial score (nSPS) is 19.1. The SMILES string of the molecule is Cc1ccc2c(c1)COCN2C1CCN(S(=O)(=O)c2ccc(Br)cc2)CC1. The van der Waals surface area contributed by atoms with Gasteiger partial charge in [-0.2, -0.15) is 4.31 Å². The second-order valence-corrected chi connectivity index (χ2v) is 10.0. The number of hydrogen-bond acceptors (Lipinski definition) is 4. The zero-order valence-corrected chi connectivity index (χ0v) is 17.7. The maximum atomic E-state index is 12.9. The van der Waals surface area contributed by atoms with Crippen molar-refractivity contribution in [2.45, 2.75) is 37.3 Å².